The molecule has 0 heterocycles. The van der Waals surface area contributed by atoms with Crippen molar-refractivity contribution in [1.29, 1.82) is 0 Å². The number of fused-ring (bicyclic) bond motifs is 2. The average molecular weight is 412 g/mol. The van der Waals surface area contributed by atoms with Crippen molar-refractivity contribution in [1.82, 2.24) is 10.6 Å². The number of benzene rings is 2. The van der Waals surface area contributed by atoms with Gasteiger partial charge in [0.1, 0.15) is 0 Å². The molecule has 1 aliphatic rings. The summed E-state index contributed by atoms with van der Waals surface area (Å²) in [6.07, 6.45) is 0. The third kappa shape index (κ3) is 4.85. The quantitative estimate of drug-likeness (QED) is 0.237. The maximum Gasteiger partial charge on any atom is 0.196 e. The first-order chi connectivity index (χ1) is 14.7. The van der Waals surface area contributed by atoms with Crippen LogP contribution in [0.2, 0.25) is 0 Å². The highest BCUT2D eigenvalue weighted by molar-refractivity contribution is 6.31. The number of hydrogen-bond acceptors (Lipinski definition) is 8. The second-order valence-corrected chi connectivity index (χ2v) is 6.92. The van der Waals surface area contributed by atoms with E-state index >= 15 is 0 Å². The minimum absolute atomic E-state index is 0.0622. The van der Waals surface area contributed by atoms with Crippen molar-refractivity contribution in [3.63, 3.8) is 0 Å². The van der Waals surface area contributed by atoms with Gasteiger partial charge in [0.05, 0.1) is 24.3 Å². The van der Waals surface area contributed by atoms with Gasteiger partial charge in [-0.3, -0.25) is 9.59 Å². The first-order valence-corrected chi connectivity index (χ1v) is 10.2. The SMILES string of the molecule is O=C1c2ccccc2C(=O)c2c(NCCNCCO)ccc(NCCNCCO)c21. The molecule has 0 amide bonds. The Morgan fingerprint density at radius 1 is 0.600 bits per heavy atom. The highest BCUT2D eigenvalue weighted by atomic mass is 16.3. The van der Waals surface area contributed by atoms with Gasteiger partial charge in [-0.1, -0.05) is 24.3 Å². The van der Waals surface area contributed by atoms with E-state index in [2.05, 4.69) is 21.3 Å². The first kappa shape index (κ1) is 21.9. The van der Waals surface area contributed by atoms with Crippen LogP contribution in [0.3, 0.4) is 0 Å². The predicted octanol–water partition coefficient (Wildman–Crippen LogP) is 0.450. The van der Waals surface area contributed by atoms with Crippen LogP contribution in [0, 0.1) is 0 Å². The van der Waals surface area contributed by atoms with Gasteiger partial charge in [-0.15, -0.1) is 0 Å². The van der Waals surface area contributed by atoms with Crippen LogP contribution < -0.4 is 21.3 Å². The molecule has 0 aliphatic heterocycles. The zero-order valence-corrected chi connectivity index (χ0v) is 16.8. The molecule has 0 atom stereocenters. The molecule has 0 spiro atoms. The predicted molar refractivity (Wildman–Crippen MR) is 117 cm³/mol. The van der Waals surface area contributed by atoms with Crippen molar-refractivity contribution < 1.29 is 19.8 Å². The molecule has 3 rings (SSSR count). The lowest BCUT2D eigenvalue weighted by Crippen LogP contribution is -2.28. The lowest BCUT2D eigenvalue weighted by atomic mass is 9.82. The third-order valence-corrected chi connectivity index (χ3v) is 4.89. The fourth-order valence-electron chi connectivity index (χ4n) is 3.50. The summed E-state index contributed by atoms with van der Waals surface area (Å²) in [5.74, 6) is -0.346. The summed E-state index contributed by atoms with van der Waals surface area (Å²) in [5.41, 5.74) is 2.83. The number of carbonyl (C=O) groups is 2. The van der Waals surface area contributed by atoms with Gasteiger partial charge in [-0.2, -0.15) is 0 Å². The van der Waals surface area contributed by atoms with Crippen LogP contribution in [0.4, 0.5) is 11.4 Å². The number of hydrogen-bond donors (Lipinski definition) is 6. The van der Waals surface area contributed by atoms with Gasteiger partial charge in [-0.25, -0.2) is 0 Å². The molecule has 2 aromatic rings. The van der Waals surface area contributed by atoms with Gasteiger partial charge in [0.2, 0.25) is 0 Å². The lowest BCUT2D eigenvalue weighted by molar-refractivity contribution is 0.0980. The normalized spacial score (nSPS) is 12.5. The van der Waals surface area contributed by atoms with E-state index in [4.69, 9.17) is 10.2 Å². The second kappa shape index (κ2) is 10.8. The number of anilines is 2. The van der Waals surface area contributed by atoms with Crippen LogP contribution in [0.25, 0.3) is 0 Å². The molecule has 8 heteroatoms. The van der Waals surface area contributed by atoms with Crippen molar-refractivity contribution >= 4 is 22.9 Å². The van der Waals surface area contributed by atoms with Crippen LogP contribution in [0.5, 0.6) is 0 Å². The van der Waals surface area contributed by atoms with Crippen LogP contribution in [0.15, 0.2) is 36.4 Å². The molecule has 160 valence electrons. The summed E-state index contributed by atoms with van der Waals surface area (Å²) in [7, 11) is 0. The largest absolute Gasteiger partial charge is 0.395 e. The molecule has 0 bridgehead atoms. The molecular weight excluding hydrogens is 384 g/mol. The van der Waals surface area contributed by atoms with E-state index in [1.54, 1.807) is 24.3 Å². The van der Waals surface area contributed by atoms with E-state index in [-0.39, 0.29) is 24.8 Å². The molecule has 0 fully saturated rings. The molecule has 0 unspecified atom stereocenters. The average Bonchev–Trinajstić information content (AvgIpc) is 2.77. The molecule has 2 aromatic carbocycles. The lowest BCUT2D eigenvalue weighted by Gasteiger charge is -2.24. The van der Waals surface area contributed by atoms with Crippen molar-refractivity contribution in [2.75, 3.05) is 63.1 Å². The number of nitrogens with one attached hydrogen (secondary N) is 4. The third-order valence-electron chi connectivity index (χ3n) is 4.89. The summed E-state index contributed by atoms with van der Waals surface area (Å²) in [6, 6.07) is 10.5. The summed E-state index contributed by atoms with van der Waals surface area (Å²) in [6.45, 7) is 3.45. The number of rotatable bonds is 12. The van der Waals surface area contributed by atoms with E-state index in [1.807, 2.05) is 12.1 Å². The van der Waals surface area contributed by atoms with Crippen LogP contribution >= 0.6 is 0 Å². The number of ketones is 2. The highest BCUT2D eigenvalue weighted by Gasteiger charge is 2.33. The highest BCUT2D eigenvalue weighted by Crippen LogP contribution is 2.36. The van der Waals surface area contributed by atoms with Gasteiger partial charge in [0, 0.05) is 61.8 Å². The van der Waals surface area contributed by atoms with Gasteiger partial charge in [-0.05, 0) is 12.1 Å². The first-order valence-electron chi connectivity index (χ1n) is 10.2. The summed E-state index contributed by atoms with van der Waals surface area (Å²) < 4.78 is 0. The summed E-state index contributed by atoms with van der Waals surface area (Å²) >= 11 is 0. The number of aliphatic hydroxyl groups is 2. The summed E-state index contributed by atoms with van der Waals surface area (Å²) in [5, 5.41) is 30.3. The van der Waals surface area contributed by atoms with E-state index in [9.17, 15) is 9.59 Å². The Balaban J connectivity index is 1.88. The molecule has 30 heavy (non-hydrogen) atoms. The van der Waals surface area contributed by atoms with Gasteiger partial charge >= 0.3 is 0 Å². The smallest absolute Gasteiger partial charge is 0.196 e. The van der Waals surface area contributed by atoms with Gasteiger partial charge < -0.3 is 31.5 Å². The fraction of sp³-hybridized carbons (Fsp3) is 0.364. The molecular formula is C22H28N4O4. The van der Waals surface area contributed by atoms with Gasteiger partial charge in [0.15, 0.2) is 11.6 Å². The van der Waals surface area contributed by atoms with E-state index in [0.717, 1.165) is 0 Å². The standard InChI is InChI=1S/C22H28N4O4/c27-13-11-23-7-9-25-17-5-6-18(26-10-8-24-12-14-28)20-19(17)21(29)15-3-1-2-4-16(15)22(20)30/h1-6,23-28H,7-14H2. The number of carbonyl (C=O) groups excluding carboxylic acids is 2. The Morgan fingerprint density at radius 3 is 1.43 bits per heavy atom. The van der Waals surface area contributed by atoms with Crippen LogP contribution in [0.1, 0.15) is 31.8 Å². The van der Waals surface area contributed by atoms with Crippen molar-refractivity contribution in [2.24, 2.45) is 0 Å². The molecule has 0 aromatic heterocycles. The maximum absolute atomic E-state index is 13.3. The molecule has 6 N–H and O–H groups in total. The topological polar surface area (TPSA) is 123 Å². The zero-order valence-electron chi connectivity index (χ0n) is 16.8. The minimum atomic E-state index is -0.173. The molecule has 0 saturated carbocycles. The minimum Gasteiger partial charge on any atom is -0.395 e. The Labute approximate surface area is 175 Å². The van der Waals surface area contributed by atoms with Crippen LogP contribution in [-0.2, 0) is 0 Å². The van der Waals surface area contributed by atoms with E-state index < -0.39 is 0 Å². The van der Waals surface area contributed by atoms with Gasteiger partial charge in [0.25, 0.3) is 0 Å². The summed E-state index contributed by atoms with van der Waals surface area (Å²) in [4.78, 5) is 26.5. The Kier molecular flexibility index (Phi) is 7.92. The van der Waals surface area contributed by atoms with Crippen LogP contribution in [-0.4, -0.2) is 74.3 Å². The zero-order chi connectivity index (χ0) is 21.3. The Bertz CT molecular complexity index is 829. The molecule has 8 nitrogen and oxygen atoms in total. The van der Waals surface area contributed by atoms with Crippen molar-refractivity contribution in [3.05, 3.63) is 58.7 Å². The second-order valence-electron chi connectivity index (χ2n) is 6.92. The molecule has 0 saturated heterocycles. The van der Waals surface area contributed by atoms with E-state index in [1.165, 1.54) is 0 Å². The Morgan fingerprint density at radius 2 is 1.03 bits per heavy atom. The monoisotopic (exact) mass is 412 g/mol. The maximum atomic E-state index is 13.3. The number of aliphatic hydroxyl groups excluding tert-OH is 2. The fourth-order valence-corrected chi connectivity index (χ4v) is 3.50. The molecule has 0 radical (unpaired) electrons. The van der Waals surface area contributed by atoms with Crippen molar-refractivity contribution in [3.8, 4) is 0 Å². The molecule has 1 aliphatic carbocycles. The Hall–Kier alpha value is -2.78. The van der Waals surface area contributed by atoms with E-state index in [0.29, 0.717) is 72.9 Å². The van der Waals surface area contributed by atoms with Crippen molar-refractivity contribution in [2.45, 2.75) is 0 Å².